The van der Waals surface area contributed by atoms with Gasteiger partial charge in [-0.3, -0.25) is 4.98 Å². The molecule has 0 bridgehead atoms. The molecule has 6 heteroatoms. The molecule has 1 amide bonds. The minimum Gasteiger partial charge on any atom is -0.444 e. The SMILES string of the molecule is C[C@@H]1CN(c2c[nH]c3cccnc23)CCN1C(=O)OC(C)(C)C. The van der Waals surface area contributed by atoms with Gasteiger partial charge in [0.05, 0.1) is 11.2 Å². The summed E-state index contributed by atoms with van der Waals surface area (Å²) in [6.07, 6.45) is 3.56. The van der Waals surface area contributed by atoms with Gasteiger partial charge in [-0.25, -0.2) is 4.79 Å². The molecule has 1 saturated heterocycles. The molecule has 0 unspecified atom stereocenters. The Hall–Kier alpha value is -2.24. The van der Waals surface area contributed by atoms with Crippen molar-refractivity contribution in [3.05, 3.63) is 24.5 Å². The average molecular weight is 316 g/mol. The molecule has 1 aliphatic rings. The molecule has 1 aliphatic heterocycles. The number of H-pyrrole nitrogens is 1. The topological polar surface area (TPSA) is 61.5 Å². The number of amides is 1. The first kappa shape index (κ1) is 15.6. The molecule has 3 heterocycles. The van der Waals surface area contributed by atoms with Gasteiger partial charge in [-0.1, -0.05) is 0 Å². The summed E-state index contributed by atoms with van der Waals surface area (Å²) < 4.78 is 5.49. The normalized spacial score (nSPS) is 19.2. The molecule has 1 fully saturated rings. The van der Waals surface area contributed by atoms with Gasteiger partial charge in [0.2, 0.25) is 0 Å². The van der Waals surface area contributed by atoms with Gasteiger partial charge in [-0.15, -0.1) is 0 Å². The van der Waals surface area contributed by atoms with Crippen LogP contribution in [0.15, 0.2) is 24.5 Å². The van der Waals surface area contributed by atoms with Crippen LogP contribution in [0.3, 0.4) is 0 Å². The van der Waals surface area contributed by atoms with Gasteiger partial charge in [0.25, 0.3) is 0 Å². The maximum atomic E-state index is 12.3. The second-order valence-electron chi connectivity index (χ2n) is 7.04. The molecule has 0 aliphatic carbocycles. The van der Waals surface area contributed by atoms with Crippen molar-refractivity contribution < 1.29 is 9.53 Å². The maximum Gasteiger partial charge on any atom is 0.410 e. The monoisotopic (exact) mass is 316 g/mol. The summed E-state index contributed by atoms with van der Waals surface area (Å²) in [4.78, 5) is 24.1. The van der Waals surface area contributed by atoms with Crippen LogP contribution in [0.4, 0.5) is 10.5 Å². The van der Waals surface area contributed by atoms with E-state index in [9.17, 15) is 4.79 Å². The van der Waals surface area contributed by atoms with Crippen LogP contribution >= 0.6 is 0 Å². The number of aromatic nitrogens is 2. The lowest BCUT2D eigenvalue weighted by molar-refractivity contribution is 0.0159. The van der Waals surface area contributed by atoms with Crippen molar-refractivity contribution in [2.45, 2.75) is 39.3 Å². The van der Waals surface area contributed by atoms with Gasteiger partial charge in [0, 0.05) is 38.1 Å². The fraction of sp³-hybridized carbons (Fsp3) is 0.529. The number of anilines is 1. The molecule has 1 N–H and O–H groups in total. The first-order chi connectivity index (χ1) is 10.8. The Kier molecular flexibility index (Phi) is 3.92. The summed E-state index contributed by atoms with van der Waals surface area (Å²) >= 11 is 0. The van der Waals surface area contributed by atoms with E-state index in [-0.39, 0.29) is 12.1 Å². The molecule has 6 nitrogen and oxygen atoms in total. The van der Waals surface area contributed by atoms with Gasteiger partial charge >= 0.3 is 6.09 Å². The number of piperazine rings is 1. The van der Waals surface area contributed by atoms with E-state index in [4.69, 9.17) is 4.74 Å². The van der Waals surface area contributed by atoms with Gasteiger partial charge in [-0.05, 0) is 39.8 Å². The molecule has 2 aromatic heterocycles. The van der Waals surface area contributed by atoms with Crippen LogP contribution in [-0.4, -0.2) is 52.2 Å². The summed E-state index contributed by atoms with van der Waals surface area (Å²) in [6, 6.07) is 4.03. The highest BCUT2D eigenvalue weighted by Gasteiger charge is 2.31. The fourth-order valence-corrected chi connectivity index (χ4v) is 2.95. The minimum atomic E-state index is -0.464. The number of nitrogens with zero attached hydrogens (tertiary/aromatic N) is 3. The lowest BCUT2D eigenvalue weighted by Gasteiger charge is -2.40. The smallest absolute Gasteiger partial charge is 0.410 e. The number of pyridine rings is 1. The molecule has 0 radical (unpaired) electrons. The molecule has 23 heavy (non-hydrogen) atoms. The summed E-state index contributed by atoms with van der Waals surface area (Å²) in [5.74, 6) is 0. The van der Waals surface area contributed by atoms with E-state index in [0.717, 1.165) is 29.8 Å². The van der Waals surface area contributed by atoms with Gasteiger partial charge < -0.3 is 19.5 Å². The molecule has 2 aromatic rings. The molecule has 0 spiro atoms. The number of hydrogen-bond donors (Lipinski definition) is 1. The number of hydrogen-bond acceptors (Lipinski definition) is 4. The molecule has 0 saturated carbocycles. The van der Waals surface area contributed by atoms with Crippen LogP contribution in [0, 0.1) is 0 Å². The second kappa shape index (κ2) is 5.76. The van der Waals surface area contributed by atoms with Crippen LogP contribution in [-0.2, 0) is 4.74 Å². The molecule has 3 rings (SSSR count). The fourth-order valence-electron chi connectivity index (χ4n) is 2.95. The van der Waals surface area contributed by atoms with Crippen molar-refractivity contribution in [3.63, 3.8) is 0 Å². The summed E-state index contributed by atoms with van der Waals surface area (Å²) in [6.45, 7) is 9.92. The zero-order valence-corrected chi connectivity index (χ0v) is 14.2. The van der Waals surface area contributed by atoms with E-state index in [1.165, 1.54) is 0 Å². The zero-order chi connectivity index (χ0) is 16.6. The number of rotatable bonds is 1. The van der Waals surface area contributed by atoms with Crippen LogP contribution in [0.25, 0.3) is 11.0 Å². The third-order valence-corrected chi connectivity index (χ3v) is 4.01. The van der Waals surface area contributed by atoms with Crippen molar-refractivity contribution in [1.29, 1.82) is 0 Å². The number of carbonyl (C=O) groups is 1. The predicted octanol–water partition coefficient (Wildman–Crippen LogP) is 3.01. The van der Waals surface area contributed by atoms with Crippen LogP contribution < -0.4 is 4.90 Å². The van der Waals surface area contributed by atoms with Gasteiger partial charge in [0.15, 0.2) is 0 Å². The highest BCUT2D eigenvalue weighted by atomic mass is 16.6. The van der Waals surface area contributed by atoms with Crippen LogP contribution in [0.1, 0.15) is 27.7 Å². The zero-order valence-electron chi connectivity index (χ0n) is 14.2. The second-order valence-corrected chi connectivity index (χ2v) is 7.04. The average Bonchev–Trinajstić information content (AvgIpc) is 2.89. The van der Waals surface area contributed by atoms with Crippen LogP contribution in [0.2, 0.25) is 0 Å². The molecule has 124 valence electrons. The summed E-state index contributed by atoms with van der Waals surface area (Å²) in [7, 11) is 0. The Morgan fingerprint density at radius 3 is 2.87 bits per heavy atom. The maximum absolute atomic E-state index is 12.3. The van der Waals surface area contributed by atoms with E-state index in [1.807, 2.05) is 44.0 Å². The largest absolute Gasteiger partial charge is 0.444 e. The highest BCUT2D eigenvalue weighted by Crippen LogP contribution is 2.27. The quantitative estimate of drug-likeness (QED) is 0.878. The van der Waals surface area contributed by atoms with Gasteiger partial charge in [-0.2, -0.15) is 0 Å². The predicted molar refractivity (Wildman–Crippen MR) is 90.7 cm³/mol. The van der Waals surface area contributed by atoms with E-state index in [2.05, 4.69) is 21.8 Å². The lowest BCUT2D eigenvalue weighted by Crippen LogP contribution is -2.55. The van der Waals surface area contributed by atoms with Crippen molar-refractivity contribution in [2.24, 2.45) is 0 Å². The molecular weight excluding hydrogens is 292 g/mol. The molecule has 0 aromatic carbocycles. The summed E-state index contributed by atoms with van der Waals surface area (Å²) in [5.41, 5.74) is 2.64. The number of ether oxygens (including phenoxy) is 1. The van der Waals surface area contributed by atoms with Crippen molar-refractivity contribution in [1.82, 2.24) is 14.9 Å². The third-order valence-electron chi connectivity index (χ3n) is 4.01. The first-order valence-electron chi connectivity index (χ1n) is 8.02. The van der Waals surface area contributed by atoms with Crippen molar-refractivity contribution >= 4 is 22.8 Å². The van der Waals surface area contributed by atoms with E-state index >= 15 is 0 Å². The Bertz CT molecular complexity index is 704. The Morgan fingerprint density at radius 2 is 2.17 bits per heavy atom. The van der Waals surface area contributed by atoms with E-state index in [0.29, 0.717) is 6.54 Å². The van der Waals surface area contributed by atoms with Crippen molar-refractivity contribution in [3.8, 4) is 0 Å². The number of aromatic amines is 1. The Morgan fingerprint density at radius 1 is 1.39 bits per heavy atom. The first-order valence-corrected chi connectivity index (χ1v) is 8.02. The highest BCUT2D eigenvalue weighted by molar-refractivity contribution is 5.89. The van der Waals surface area contributed by atoms with E-state index in [1.54, 1.807) is 6.20 Å². The number of nitrogens with one attached hydrogen (secondary N) is 1. The number of carbonyl (C=O) groups excluding carboxylic acids is 1. The minimum absolute atomic E-state index is 0.0901. The van der Waals surface area contributed by atoms with Crippen LogP contribution in [0.5, 0.6) is 0 Å². The summed E-state index contributed by atoms with van der Waals surface area (Å²) in [5, 5.41) is 0. The molecular formula is C17H24N4O2. The number of fused-ring (bicyclic) bond motifs is 1. The Balaban J connectivity index is 1.72. The standard InChI is InChI=1S/C17H24N4O2/c1-12-11-20(8-9-21(12)16(22)23-17(2,3)4)14-10-19-13-6-5-7-18-15(13)14/h5-7,10,12,19H,8-9,11H2,1-4H3/t12-/m1/s1. The van der Waals surface area contributed by atoms with E-state index < -0.39 is 5.60 Å². The molecule has 1 atom stereocenters. The third kappa shape index (κ3) is 3.25. The van der Waals surface area contributed by atoms with Gasteiger partial charge in [0.1, 0.15) is 11.1 Å². The van der Waals surface area contributed by atoms with Crippen molar-refractivity contribution in [2.75, 3.05) is 24.5 Å². The Labute approximate surface area is 136 Å². The lowest BCUT2D eigenvalue weighted by atomic mass is 10.1.